The first-order valence-corrected chi connectivity index (χ1v) is 7.66. The number of nitrogens with zero attached hydrogens (tertiary/aromatic N) is 3. The van der Waals surface area contributed by atoms with Crippen molar-refractivity contribution < 1.29 is 0 Å². The van der Waals surface area contributed by atoms with E-state index in [0.717, 1.165) is 44.7 Å². The largest absolute Gasteiger partial charge is 0.331 e. The summed E-state index contributed by atoms with van der Waals surface area (Å²) >= 11 is 0. The molecule has 4 nitrogen and oxygen atoms in total. The molecular weight excluding hydrogens is 248 g/mol. The number of benzene rings is 1. The molecule has 1 aromatic heterocycles. The highest BCUT2D eigenvalue weighted by atomic mass is 15.2. The number of piperazine rings is 1. The molecule has 0 spiro atoms. The third-order valence-electron chi connectivity index (χ3n) is 4.33. The van der Waals surface area contributed by atoms with Gasteiger partial charge in [0.2, 0.25) is 0 Å². The van der Waals surface area contributed by atoms with Crippen molar-refractivity contribution in [1.82, 2.24) is 19.8 Å². The molecule has 0 saturated carbocycles. The van der Waals surface area contributed by atoms with Gasteiger partial charge < -0.3 is 9.88 Å². The second-order valence-electron chi connectivity index (χ2n) is 5.69. The fourth-order valence-corrected chi connectivity index (χ4v) is 3.08. The molecule has 1 atom stereocenters. The van der Waals surface area contributed by atoms with Gasteiger partial charge in [0.05, 0.1) is 17.4 Å². The number of imidazole rings is 1. The monoisotopic (exact) mass is 272 g/mol. The van der Waals surface area contributed by atoms with E-state index in [2.05, 4.69) is 51.8 Å². The summed E-state index contributed by atoms with van der Waals surface area (Å²) in [4.78, 5) is 7.08. The van der Waals surface area contributed by atoms with Crippen LogP contribution in [0.2, 0.25) is 0 Å². The average molecular weight is 272 g/mol. The number of hydrogen-bond donors (Lipinski definition) is 1. The Morgan fingerprint density at radius 2 is 2.10 bits per heavy atom. The van der Waals surface area contributed by atoms with Gasteiger partial charge in [0.15, 0.2) is 0 Å². The smallest absolute Gasteiger partial charge is 0.0958 e. The standard InChI is InChI=1S/C16H24N4/c1-3-19-12-18-15-11-14(4-5-16(15)19)10-13(2)20-8-6-17-7-9-20/h4-5,11-13,17H,3,6-10H2,1-2H3. The zero-order valence-corrected chi connectivity index (χ0v) is 12.5. The number of nitrogens with one attached hydrogen (secondary N) is 1. The number of hydrogen-bond acceptors (Lipinski definition) is 3. The highest BCUT2D eigenvalue weighted by Gasteiger charge is 2.16. The maximum absolute atomic E-state index is 4.51. The summed E-state index contributed by atoms with van der Waals surface area (Å²) in [7, 11) is 0. The molecule has 108 valence electrons. The van der Waals surface area contributed by atoms with Crippen molar-refractivity contribution >= 4 is 11.0 Å². The Balaban J connectivity index is 1.73. The molecule has 0 aliphatic carbocycles. The Hall–Kier alpha value is -1.39. The molecule has 3 rings (SSSR count). The van der Waals surface area contributed by atoms with E-state index >= 15 is 0 Å². The molecule has 0 radical (unpaired) electrons. The third kappa shape index (κ3) is 2.72. The van der Waals surface area contributed by atoms with Crippen LogP contribution in [-0.4, -0.2) is 46.7 Å². The molecule has 2 aromatic rings. The summed E-state index contributed by atoms with van der Waals surface area (Å²) < 4.78 is 2.19. The fraction of sp³-hybridized carbons (Fsp3) is 0.562. The zero-order valence-electron chi connectivity index (χ0n) is 12.5. The summed E-state index contributed by atoms with van der Waals surface area (Å²) in [5.74, 6) is 0. The van der Waals surface area contributed by atoms with Crippen LogP contribution >= 0.6 is 0 Å². The van der Waals surface area contributed by atoms with E-state index in [4.69, 9.17) is 0 Å². The summed E-state index contributed by atoms with van der Waals surface area (Å²) in [5, 5.41) is 3.41. The molecule has 1 saturated heterocycles. The Labute approximate surface area is 120 Å². The maximum atomic E-state index is 4.51. The molecular formula is C16H24N4. The topological polar surface area (TPSA) is 33.1 Å². The quantitative estimate of drug-likeness (QED) is 0.923. The molecule has 1 fully saturated rings. The minimum absolute atomic E-state index is 0.600. The lowest BCUT2D eigenvalue weighted by Crippen LogP contribution is -2.48. The molecule has 0 amide bonds. The Morgan fingerprint density at radius 1 is 1.30 bits per heavy atom. The van der Waals surface area contributed by atoms with Crippen LogP contribution in [0.1, 0.15) is 19.4 Å². The number of fused-ring (bicyclic) bond motifs is 1. The van der Waals surface area contributed by atoms with E-state index in [1.807, 2.05) is 6.33 Å². The van der Waals surface area contributed by atoms with Gasteiger partial charge in [0.1, 0.15) is 0 Å². The normalized spacial score (nSPS) is 18.5. The van der Waals surface area contributed by atoms with Crippen molar-refractivity contribution in [2.24, 2.45) is 0 Å². The lowest BCUT2D eigenvalue weighted by molar-refractivity contribution is 0.183. The van der Waals surface area contributed by atoms with Crippen LogP contribution in [0, 0.1) is 0 Å². The van der Waals surface area contributed by atoms with Gasteiger partial charge in [-0.2, -0.15) is 0 Å². The minimum Gasteiger partial charge on any atom is -0.331 e. The third-order valence-corrected chi connectivity index (χ3v) is 4.33. The first kappa shape index (κ1) is 13.6. The van der Waals surface area contributed by atoms with E-state index in [-0.39, 0.29) is 0 Å². The van der Waals surface area contributed by atoms with E-state index in [1.54, 1.807) is 0 Å². The van der Waals surface area contributed by atoms with Gasteiger partial charge >= 0.3 is 0 Å². The summed E-state index contributed by atoms with van der Waals surface area (Å²) in [6.45, 7) is 10.0. The Bertz CT molecular complexity index is 569. The van der Waals surface area contributed by atoms with Crippen LogP contribution in [0.5, 0.6) is 0 Å². The average Bonchev–Trinajstić information content (AvgIpc) is 2.90. The minimum atomic E-state index is 0.600. The van der Waals surface area contributed by atoms with E-state index in [0.29, 0.717) is 6.04 Å². The van der Waals surface area contributed by atoms with Crippen LogP contribution in [0.25, 0.3) is 11.0 Å². The highest BCUT2D eigenvalue weighted by Crippen LogP contribution is 2.17. The Morgan fingerprint density at radius 3 is 2.85 bits per heavy atom. The van der Waals surface area contributed by atoms with Crippen molar-refractivity contribution in [3.63, 3.8) is 0 Å². The zero-order chi connectivity index (χ0) is 13.9. The van der Waals surface area contributed by atoms with Gasteiger partial charge in [-0.25, -0.2) is 4.98 Å². The summed E-state index contributed by atoms with van der Waals surface area (Å²) in [5.41, 5.74) is 3.76. The van der Waals surface area contributed by atoms with E-state index < -0.39 is 0 Å². The van der Waals surface area contributed by atoms with Crippen LogP contribution < -0.4 is 5.32 Å². The number of rotatable bonds is 4. The molecule has 0 bridgehead atoms. The molecule has 1 aromatic carbocycles. The first-order valence-electron chi connectivity index (χ1n) is 7.66. The van der Waals surface area contributed by atoms with Crippen molar-refractivity contribution in [3.8, 4) is 0 Å². The lowest BCUT2D eigenvalue weighted by atomic mass is 10.0. The van der Waals surface area contributed by atoms with Crippen LogP contribution in [0.4, 0.5) is 0 Å². The van der Waals surface area contributed by atoms with E-state index in [1.165, 1.54) is 11.1 Å². The van der Waals surface area contributed by atoms with Gasteiger partial charge in [-0.15, -0.1) is 0 Å². The predicted octanol–water partition coefficient (Wildman–Crippen LogP) is 1.89. The maximum Gasteiger partial charge on any atom is 0.0958 e. The van der Waals surface area contributed by atoms with Crippen LogP contribution in [0.3, 0.4) is 0 Å². The Kier molecular flexibility index (Phi) is 4.03. The number of aromatic nitrogens is 2. The molecule has 1 N–H and O–H groups in total. The predicted molar refractivity (Wildman–Crippen MR) is 83.0 cm³/mol. The second-order valence-corrected chi connectivity index (χ2v) is 5.69. The second kappa shape index (κ2) is 5.94. The van der Waals surface area contributed by atoms with Crippen molar-refractivity contribution in [2.75, 3.05) is 26.2 Å². The molecule has 20 heavy (non-hydrogen) atoms. The van der Waals surface area contributed by atoms with Crippen LogP contribution in [0.15, 0.2) is 24.5 Å². The lowest BCUT2D eigenvalue weighted by Gasteiger charge is -2.32. The van der Waals surface area contributed by atoms with Crippen LogP contribution in [-0.2, 0) is 13.0 Å². The van der Waals surface area contributed by atoms with Gasteiger partial charge in [-0.1, -0.05) is 6.07 Å². The van der Waals surface area contributed by atoms with Gasteiger partial charge in [0.25, 0.3) is 0 Å². The molecule has 4 heteroatoms. The summed E-state index contributed by atoms with van der Waals surface area (Å²) in [6.07, 6.45) is 3.04. The molecule has 2 heterocycles. The van der Waals surface area contributed by atoms with Crippen molar-refractivity contribution in [3.05, 3.63) is 30.1 Å². The van der Waals surface area contributed by atoms with Gasteiger partial charge in [0, 0.05) is 38.8 Å². The van der Waals surface area contributed by atoms with Gasteiger partial charge in [-0.05, 0) is 38.0 Å². The van der Waals surface area contributed by atoms with Crippen molar-refractivity contribution in [1.29, 1.82) is 0 Å². The molecule has 1 aliphatic rings. The summed E-state index contributed by atoms with van der Waals surface area (Å²) in [6, 6.07) is 7.32. The fourth-order valence-electron chi connectivity index (χ4n) is 3.08. The SMILES string of the molecule is CCn1cnc2cc(CC(C)N3CCNCC3)ccc21. The van der Waals surface area contributed by atoms with Crippen molar-refractivity contribution in [2.45, 2.75) is 32.9 Å². The first-order chi connectivity index (χ1) is 9.78. The van der Waals surface area contributed by atoms with Gasteiger partial charge in [-0.3, -0.25) is 4.90 Å². The highest BCUT2D eigenvalue weighted by molar-refractivity contribution is 5.76. The molecule has 1 aliphatic heterocycles. The molecule has 1 unspecified atom stereocenters. The van der Waals surface area contributed by atoms with E-state index in [9.17, 15) is 0 Å². The number of aryl methyl sites for hydroxylation is 1.